The van der Waals surface area contributed by atoms with Gasteiger partial charge in [-0.05, 0) is 48.0 Å². The van der Waals surface area contributed by atoms with Crippen LogP contribution in [0.3, 0.4) is 0 Å². The molecule has 332 valence electrons. The number of carboxylic acid groups (broad SMARTS) is 1. The number of ether oxygens (including phenoxy) is 7. The zero-order chi connectivity index (χ0) is 45.0. The fourth-order valence-electron chi connectivity index (χ4n) is 6.51. The average molecular weight is 873 g/mol. The molecule has 2 saturated heterocycles. The summed E-state index contributed by atoms with van der Waals surface area (Å²) in [5, 5.41) is 104. The van der Waals surface area contributed by atoms with E-state index in [9.17, 15) is 65.1 Å². The second-order valence-electron chi connectivity index (χ2n) is 13.8. The molecule has 3 heterocycles. The molecule has 10 atom stereocenters. The van der Waals surface area contributed by atoms with Crippen molar-refractivity contribution in [3.63, 3.8) is 0 Å². The van der Waals surface area contributed by atoms with Crippen molar-refractivity contribution < 1.29 is 103 Å². The molecule has 4 aromatic rings. The monoisotopic (exact) mass is 872 g/mol. The van der Waals surface area contributed by atoms with Crippen molar-refractivity contribution in [2.45, 2.75) is 67.8 Å². The molecule has 0 bridgehead atoms. The summed E-state index contributed by atoms with van der Waals surface area (Å²) in [6, 6.07) is 10.9. The van der Waals surface area contributed by atoms with E-state index in [1.807, 2.05) is 0 Å². The number of benzene rings is 3. The molecular formula is C40H40O22. The third kappa shape index (κ3) is 9.83. The van der Waals surface area contributed by atoms with Crippen LogP contribution in [0.2, 0.25) is 0 Å². The van der Waals surface area contributed by atoms with E-state index in [-0.39, 0.29) is 28.4 Å². The highest BCUT2D eigenvalue weighted by molar-refractivity contribution is 5.90. The van der Waals surface area contributed by atoms with Gasteiger partial charge in [0, 0.05) is 23.8 Å². The molecule has 2 fully saturated rings. The Kier molecular flexibility index (Phi) is 13.8. The van der Waals surface area contributed by atoms with E-state index in [0.29, 0.717) is 5.56 Å². The molecule has 22 heteroatoms. The lowest BCUT2D eigenvalue weighted by molar-refractivity contribution is -0.358. The molecule has 0 spiro atoms. The molecule has 3 aromatic carbocycles. The van der Waals surface area contributed by atoms with Crippen LogP contribution in [0.5, 0.6) is 34.5 Å². The molecule has 6 rings (SSSR count). The Hall–Kier alpha value is -6.50. The molecule has 0 radical (unpaired) electrons. The fraction of sp³-hybridized carbons (Fsp3) is 0.350. The smallest absolute Gasteiger partial charge is 0.331 e. The Morgan fingerprint density at radius 1 is 0.790 bits per heavy atom. The summed E-state index contributed by atoms with van der Waals surface area (Å²) in [6.45, 7) is -1.85. The van der Waals surface area contributed by atoms with Crippen molar-refractivity contribution in [3.8, 4) is 45.8 Å². The van der Waals surface area contributed by atoms with Gasteiger partial charge in [0.15, 0.2) is 35.8 Å². The third-order valence-electron chi connectivity index (χ3n) is 9.61. The first kappa shape index (κ1) is 45.0. The lowest BCUT2D eigenvalue weighted by Gasteiger charge is -2.46. The fourth-order valence-corrected chi connectivity index (χ4v) is 6.51. The first-order valence-corrected chi connectivity index (χ1v) is 18.4. The quantitative estimate of drug-likeness (QED) is 0.0437. The molecule has 22 nitrogen and oxygen atoms in total. The summed E-state index contributed by atoms with van der Waals surface area (Å²) in [5.41, 5.74) is -1.06. The van der Waals surface area contributed by atoms with Gasteiger partial charge in [-0.3, -0.25) is 14.4 Å². The Morgan fingerprint density at radius 3 is 2.15 bits per heavy atom. The zero-order valence-corrected chi connectivity index (χ0v) is 32.1. The van der Waals surface area contributed by atoms with E-state index in [0.717, 1.165) is 18.2 Å². The lowest BCUT2D eigenvalue weighted by atomic mass is 9.97. The maximum Gasteiger partial charge on any atom is 0.331 e. The number of carbonyl (C=O) groups excluding carboxylic acids is 2. The van der Waals surface area contributed by atoms with Gasteiger partial charge in [0.25, 0.3) is 0 Å². The van der Waals surface area contributed by atoms with Crippen molar-refractivity contribution in [1.82, 2.24) is 0 Å². The molecule has 2 aliphatic heterocycles. The van der Waals surface area contributed by atoms with Gasteiger partial charge in [-0.15, -0.1) is 0 Å². The van der Waals surface area contributed by atoms with Gasteiger partial charge in [0.05, 0.1) is 13.7 Å². The molecule has 0 saturated carbocycles. The van der Waals surface area contributed by atoms with Crippen LogP contribution in [0.25, 0.3) is 28.4 Å². The highest BCUT2D eigenvalue weighted by atomic mass is 16.8. The van der Waals surface area contributed by atoms with Crippen molar-refractivity contribution in [2.75, 3.05) is 20.3 Å². The molecular weight excluding hydrogens is 832 g/mol. The Labute approximate surface area is 348 Å². The van der Waals surface area contributed by atoms with Gasteiger partial charge in [-0.2, -0.15) is 0 Å². The van der Waals surface area contributed by atoms with Crippen LogP contribution in [-0.4, -0.2) is 151 Å². The standard InChI is InChI=1S/C40H40O22/c1-55-22-10-16(2-8-20(22)44)3-9-27(48)60-37-33(53)30(50)24(14-41)58-39(37)62-38-34(54)31(51)25(15-56-28(49)13-26(46)47)59-40(38)61-36-32(52)29-21(45)11-19(43)12-23(29)57-35(36)17-4-6-18(42)7-5-17/h2-12,24-25,30-31,33-34,37-45,50-51,53-54H,13-15H2,1H3,(H,46,47)/b9-3+/t24?,25?,30-,31-,33+,34+,37?,38?,39+,40+/m1/s1. The van der Waals surface area contributed by atoms with E-state index in [1.54, 1.807) is 0 Å². The van der Waals surface area contributed by atoms with Gasteiger partial charge in [0.2, 0.25) is 17.5 Å². The summed E-state index contributed by atoms with van der Waals surface area (Å²) < 4.78 is 44.9. The average Bonchev–Trinajstić information content (AvgIpc) is 3.22. The minimum Gasteiger partial charge on any atom is -0.508 e. The number of fused-ring (bicyclic) bond motifs is 1. The number of phenols is 4. The molecule has 0 aliphatic carbocycles. The normalized spacial score (nSPS) is 26.2. The molecule has 0 amide bonds. The van der Waals surface area contributed by atoms with Crippen molar-refractivity contribution in [3.05, 3.63) is 76.5 Å². The van der Waals surface area contributed by atoms with Crippen LogP contribution in [-0.2, 0) is 38.1 Å². The summed E-state index contributed by atoms with van der Waals surface area (Å²) in [5.74, 6) is -6.78. The Morgan fingerprint density at radius 2 is 1.47 bits per heavy atom. The maximum atomic E-state index is 14.2. The van der Waals surface area contributed by atoms with E-state index in [4.69, 9.17) is 42.7 Å². The molecule has 4 unspecified atom stereocenters. The van der Waals surface area contributed by atoms with Crippen LogP contribution in [0.4, 0.5) is 0 Å². The van der Waals surface area contributed by atoms with Crippen molar-refractivity contribution in [1.29, 1.82) is 0 Å². The number of hydrogen-bond acceptors (Lipinski definition) is 21. The highest BCUT2D eigenvalue weighted by Gasteiger charge is 2.53. The first-order chi connectivity index (χ1) is 29.5. The minimum atomic E-state index is -2.20. The molecule has 62 heavy (non-hydrogen) atoms. The number of carboxylic acids is 1. The second-order valence-corrected chi connectivity index (χ2v) is 13.8. The number of aromatic hydroxyl groups is 4. The SMILES string of the molecule is COc1cc(/C=C/C(=O)OC2[C@H](OC3[C@H](Oc4c(-c5ccc(O)cc5)oc5cc(O)cc(O)c5c4=O)OC(COC(=O)CC(=O)O)[C@@H](O)[C@@H]3O)OC(CO)[C@@H](O)[C@@H]2O)ccc1O. The van der Waals surface area contributed by atoms with Crippen LogP contribution < -0.4 is 14.9 Å². The third-order valence-corrected chi connectivity index (χ3v) is 9.61. The number of aliphatic hydroxyl groups excluding tert-OH is 5. The topological polar surface area (TPSA) is 348 Å². The number of methoxy groups -OCH3 is 1. The summed E-state index contributed by atoms with van der Waals surface area (Å²) in [6.07, 6.45) is -18.8. The second kappa shape index (κ2) is 19.0. The van der Waals surface area contributed by atoms with E-state index < -0.39 is 133 Å². The predicted molar refractivity (Wildman–Crippen MR) is 204 cm³/mol. The van der Waals surface area contributed by atoms with Gasteiger partial charge >= 0.3 is 17.9 Å². The first-order valence-electron chi connectivity index (χ1n) is 18.4. The highest BCUT2D eigenvalue weighted by Crippen LogP contribution is 2.39. The number of aliphatic carboxylic acids is 1. The number of esters is 2. The molecule has 2 aliphatic rings. The lowest BCUT2D eigenvalue weighted by Crippen LogP contribution is -2.65. The number of hydrogen-bond donors (Lipinski definition) is 10. The van der Waals surface area contributed by atoms with Crippen LogP contribution >= 0.6 is 0 Å². The van der Waals surface area contributed by atoms with E-state index in [1.165, 1.54) is 55.7 Å². The van der Waals surface area contributed by atoms with Gasteiger partial charge in [-0.25, -0.2) is 4.79 Å². The van der Waals surface area contributed by atoms with Gasteiger partial charge in [-0.1, -0.05) is 6.07 Å². The minimum absolute atomic E-state index is 0.0527. The maximum absolute atomic E-state index is 14.2. The number of rotatable bonds is 14. The van der Waals surface area contributed by atoms with Gasteiger partial charge in [0.1, 0.15) is 77.9 Å². The van der Waals surface area contributed by atoms with Gasteiger partial charge < -0.3 is 88.6 Å². The van der Waals surface area contributed by atoms with E-state index in [2.05, 4.69) is 0 Å². The molecule has 10 N–H and O–H groups in total. The van der Waals surface area contributed by atoms with Crippen LogP contribution in [0.15, 0.2) is 69.9 Å². The number of phenolic OH excluding ortho intramolecular Hbond substituents is 4. The summed E-state index contributed by atoms with van der Waals surface area (Å²) in [4.78, 5) is 50.5. The van der Waals surface area contributed by atoms with Crippen LogP contribution in [0, 0.1) is 0 Å². The number of aliphatic hydroxyl groups is 5. The summed E-state index contributed by atoms with van der Waals surface area (Å²) >= 11 is 0. The molecule has 1 aromatic heterocycles. The van der Waals surface area contributed by atoms with Crippen molar-refractivity contribution >= 4 is 35.0 Å². The van der Waals surface area contributed by atoms with Crippen molar-refractivity contribution in [2.24, 2.45) is 0 Å². The largest absolute Gasteiger partial charge is 0.508 e. The Bertz CT molecular complexity index is 2360. The van der Waals surface area contributed by atoms with Crippen LogP contribution in [0.1, 0.15) is 12.0 Å². The predicted octanol–water partition coefficient (Wildman–Crippen LogP) is -0.416. The number of carbonyl (C=O) groups is 3. The van der Waals surface area contributed by atoms with E-state index >= 15 is 0 Å². The Balaban J connectivity index is 1.39. The summed E-state index contributed by atoms with van der Waals surface area (Å²) in [7, 11) is 1.30. The zero-order valence-electron chi connectivity index (χ0n) is 32.1.